The fourth-order valence-corrected chi connectivity index (χ4v) is 3.81. The van der Waals surface area contributed by atoms with Gasteiger partial charge in [0.25, 0.3) is 5.91 Å². The molecule has 162 valence electrons. The molecule has 0 bridgehead atoms. The van der Waals surface area contributed by atoms with Crippen molar-refractivity contribution in [1.29, 1.82) is 0 Å². The second-order valence-corrected chi connectivity index (χ2v) is 7.53. The maximum atomic E-state index is 12.8. The molecule has 1 fully saturated rings. The normalized spacial score (nSPS) is 14.2. The number of ether oxygens (including phenoxy) is 2. The summed E-state index contributed by atoms with van der Waals surface area (Å²) in [4.78, 5) is 17.2. The summed E-state index contributed by atoms with van der Waals surface area (Å²) in [6.45, 7) is 5.62. The first kappa shape index (κ1) is 21.9. The molecule has 0 unspecified atom stereocenters. The molecule has 1 aromatic heterocycles. The molecule has 1 aliphatic rings. The number of carbonyl (C=O) groups excluding carboxylic acids is 1. The third-order valence-corrected chi connectivity index (χ3v) is 5.31. The van der Waals surface area contributed by atoms with Crippen molar-refractivity contribution in [2.24, 2.45) is 0 Å². The van der Waals surface area contributed by atoms with Crippen LogP contribution in [0.15, 0.2) is 36.5 Å². The van der Waals surface area contributed by atoms with Gasteiger partial charge < -0.3 is 20.1 Å². The van der Waals surface area contributed by atoms with Crippen LogP contribution in [-0.2, 0) is 6.42 Å². The van der Waals surface area contributed by atoms with Gasteiger partial charge >= 0.3 is 0 Å². The van der Waals surface area contributed by atoms with Gasteiger partial charge in [0.2, 0.25) is 0 Å². The van der Waals surface area contributed by atoms with Crippen molar-refractivity contribution < 1.29 is 14.3 Å². The first-order chi connectivity index (χ1) is 14.7. The molecule has 3 rings (SSSR count). The average molecular weight is 412 g/mol. The van der Waals surface area contributed by atoms with Gasteiger partial charge in [-0.15, -0.1) is 0 Å². The molecule has 2 aromatic rings. The van der Waals surface area contributed by atoms with Crippen molar-refractivity contribution in [2.75, 3.05) is 25.1 Å². The lowest BCUT2D eigenvalue weighted by Gasteiger charge is -2.24. The standard InChI is InChI=1S/C24H33N3O3/c1-3-29-21-13-12-18(17-22(21)30-4-2)14-16-26-24(28)20-11-8-15-25-23(20)27-19-9-6-5-7-10-19/h8,11-13,15,17,19H,3-7,9-10,14,16H2,1-2H3,(H,25,27)(H,26,28). The number of nitrogens with one attached hydrogen (secondary N) is 2. The molecular weight excluding hydrogens is 378 g/mol. The topological polar surface area (TPSA) is 72.5 Å². The molecule has 1 aliphatic carbocycles. The number of carbonyl (C=O) groups is 1. The summed E-state index contributed by atoms with van der Waals surface area (Å²) in [6.07, 6.45) is 8.48. The van der Waals surface area contributed by atoms with E-state index in [4.69, 9.17) is 9.47 Å². The van der Waals surface area contributed by atoms with Gasteiger partial charge in [-0.1, -0.05) is 25.3 Å². The van der Waals surface area contributed by atoms with E-state index in [1.807, 2.05) is 44.2 Å². The predicted octanol–water partition coefficient (Wildman–Crippen LogP) is 4.60. The zero-order valence-electron chi connectivity index (χ0n) is 18.1. The summed E-state index contributed by atoms with van der Waals surface area (Å²) in [5, 5.41) is 6.50. The fourth-order valence-electron chi connectivity index (χ4n) is 3.81. The molecule has 6 nitrogen and oxygen atoms in total. The Hall–Kier alpha value is -2.76. The number of aromatic nitrogens is 1. The maximum Gasteiger partial charge on any atom is 0.255 e. The van der Waals surface area contributed by atoms with Crippen LogP contribution in [-0.4, -0.2) is 36.7 Å². The lowest BCUT2D eigenvalue weighted by molar-refractivity contribution is 0.0954. The number of pyridine rings is 1. The Balaban J connectivity index is 1.57. The molecule has 1 amide bonds. The summed E-state index contributed by atoms with van der Waals surface area (Å²) < 4.78 is 11.3. The Labute approximate surface area is 179 Å². The van der Waals surface area contributed by atoms with Crippen molar-refractivity contribution in [3.8, 4) is 11.5 Å². The van der Waals surface area contributed by atoms with Crippen molar-refractivity contribution >= 4 is 11.7 Å². The van der Waals surface area contributed by atoms with Gasteiger partial charge in [-0.2, -0.15) is 0 Å². The molecule has 0 saturated heterocycles. The monoisotopic (exact) mass is 411 g/mol. The van der Waals surface area contributed by atoms with Crippen LogP contribution in [0.1, 0.15) is 61.9 Å². The summed E-state index contributed by atoms with van der Waals surface area (Å²) in [6, 6.07) is 9.97. The van der Waals surface area contributed by atoms with E-state index in [-0.39, 0.29) is 5.91 Å². The quantitative estimate of drug-likeness (QED) is 0.598. The molecule has 0 aliphatic heterocycles. The van der Waals surface area contributed by atoms with Gasteiger partial charge in [0.15, 0.2) is 11.5 Å². The molecular formula is C24H33N3O3. The van der Waals surface area contributed by atoms with Gasteiger partial charge in [-0.05, 0) is 62.9 Å². The molecule has 2 N–H and O–H groups in total. The predicted molar refractivity (Wildman–Crippen MR) is 120 cm³/mol. The minimum atomic E-state index is -0.0997. The summed E-state index contributed by atoms with van der Waals surface area (Å²) in [7, 11) is 0. The van der Waals surface area contributed by atoms with Crippen LogP contribution in [0.3, 0.4) is 0 Å². The Kier molecular flexibility index (Phi) is 8.36. The van der Waals surface area contributed by atoms with Crippen molar-refractivity contribution in [1.82, 2.24) is 10.3 Å². The van der Waals surface area contributed by atoms with Crippen molar-refractivity contribution in [3.05, 3.63) is 47.7 Å². The van der Waals surface area contributed by atoms with E-state index < -0.39 is 0 Å². The van der Waals surface area contributed by atoms with E-state index in [0.717, 1.165) is 29.9 Å². The van der Waals surface area contributed by atoms with Gasteiger partial charge in [-0.3, -0.25) is 4.79 Å². The largest absolute Gasteiger partial charge is 0.490 e. The summed E-state index contributed by atoms with van der Waals surface area (Å²) in [5.41, 5.74) is 1.69. The van der Waals surface area contributed by atoms with Crippen LogP contribution in [0.25, 0.3) is 0 Å². The SMILES string of the molecule is CCOc1ccc(CCNC(=O)c2cccnc2NC2CCCCC2)cc1OCC. The zero-order chi connectivity index (χ0) is 21.2. The van der Waals surface area contributed by atoms with Gasteiger partial charge in [0.1, 0.15) is 5.82 Å². The van der Waals surface area contributed by atoms with Crippen molar-refractivity contribution in [3.63, 3.8) is 0 Å². The lowest BCUT2D eigenvalue weighted by atomic mass is 9.95. The van der Waals surface area contributed by atoms with E-state index in [9.17, 15) is 4.79 Å². The van der Waals surface area contributed by atoms with Crippen LogP contribution in [0.5, 0.6) is 11.5 Å². The fraction of sp³-hybridized carbons (Fsp3) is 0.500. The smallest absolute Gasteiger partial charge is 0.255 e. The zero-order valence-corrected chi connectivity index (χ0v) is 18.1. The van der Waals surface area contributed by atoms with Crippen LogP contribution >= 0.6 is 0 Å². The molecule has 6 heteroatoms. The highest BCUT2D eigenvalue weighted by atomic mass is 16.5. The van der Waals surface area contributed by atoms with E-state index in [2.05, 4.69) is 15.6 Å². The highest BCUT2D eigenvalue weighted by Gasteiger charge is 2.18. The van der Waals surface area contributed by atoms with Gasteiger partial charge in [-0.25, -0.2) is 4.98 Å². The molecule has 0 spiro atoms. The molecule has 30 heavy (non-hydrogen) atoms. The third kappa shape index (κ3) is 6.12. The van der Waals surface area contributed by atoms with Crippen LogP contribution in [0, 0.1) is 0 Å². The summed E-state index contributed by atoms with van der Waals surface area (Å²) >= 11 is 0. The summed E-state index contributed by atoms with van der Waals surface area (Å²) in [5.74, 6) is 2.08. The Bertz CT molecular complexity index is 819. The second kappa shape index (κ2) is 11.4. The second-order valence-electron chi connectivity index (χ2n) is 7.53. The van der Waals surface area contributed by atoms with Gasteiger partial charge in [0, 0.05) is 18.8 Å². The average Bonchev–Trinajstić information content (AvgIpc) is 2.77. The van der Waals surface area contributed by atoms with Crippen LogP contribution in [0.2, 0.25) is 0 Å². The van der Waals surface area contributed by atoms with E-state index >= 15 is 0 Å². The number of hydrogen-bond acceptors (Lipinski definition) is 5. The molecule has 0 radical (unpaired) electrons. The third-order valence-electron chi connectivity index (χ3n) is 5.31. The minimum Gasteiger partial charge on any atom is -0.490 e. The Morgan fingerprint density at radius 3 is 2.60 bits per heavy atom. The molecule has 0 atom stereocenters. The number of rotatable bonds is 10. The van der Waals surface area contributed by atoms with Crippen LogP contribution in [0.4, 0.5) is 5.82 Å². The Morgan fingerprint density at radius 2 is 1.83 bits per heavy atom. The number of amides is 1. The van der Waals surface area contributed by atoms with Gasteiger partial charge in [0.05, 0.1) is 18.8 Å². The number of anilines is 1. The highest BCUT2D eigenvalue weighted by Crippen LogP contribution is 2.28. The number of hydrogen-bond donors (Lipinski definition) is 2. The number of benzene rings is 1. The maximum absolute atomic E-state index is 12.8. The minimum absolute atomic E-state index is 0.0997. The van der Waals surface area contributed by atoms with Crippen LogP contribution < -0.4 is 20.1 Å². The highest BCUT2D eigenvalue weighted by molar-refractivity contribution is 5.98. The molecule has 1 aromatic carbocycles. The van der Waals surface area contributed by atoms with Crippen molar-refractivity contribution in [2.45, 2.75) is 58.4 Å². The first-order valence-corrected chi connectivity index (χ1v) is 11.1. The number of nitrogens with zero attached hydrogens (tertiary/aromatic N) is 1. The molecule has 1 heterocycles. The lowest BCUT2D eigenvalue weighted by Crippen LogP contribution is -2.29. The molecule has 1 saturated carbocycles. The Morgan fingerprint density at radius 1 is 1.07 bits per heavy atom. The first-order valence-electron chi connectivity index (χ1n) is 11.1. The van der Waals surface area contributed by atoms with E-state index in [1.54, 1.807) is 6.20 Å². The van der Waals surface area contributed by atoms with E-state index in [1.165, 1.54) is 19.3 Å². The van der Waals surface area contributed by atoms with E-state index in [0.29, 0.717) is 43.6 Å².